The molecule has 0 atom stereocenters. The van der Waals surface area contributed by atoms with Gasteiger partial charge in [0.1, 0.15) is 0 Å². The van der Waals surface area contributed by atoms with Crippen molar-refractivity contribution in [2.75, 3.05) is 0 Å². The molecule has 13 heteroatoms. The monoisotopic (exact) mass is 558 g/mol. The van der Waals surface area contributed by atoms with Gasteiger partial charge in [0.05, 0.1) is 24.9 Å². The lowest BCUT2D eigenvalue weighted by molar-refractivity contribution is -0.396. The van der Waals surface area contributed by atoms with Gasteiger partial charge in [-0.25, -0.2) is 0 Å². The maximum absolute atomic E-state index is 12.4. The molecule has 132 valence electrons. The number of nitro benzene ring substituents is 2. The van der Waals surface area contributed by atoms with Crippen LogP contribution in [-0.4, -0.2) is 18.3 Å². The second kappa shape index (κ2) is 7.35. The molecule has 0 spiro atoms. The molecule has 0 aliphatic rings. The van der Waals surface area contributed by atoms with Crippen LogP contribution in [0.3, 0.4) is 0 Å². The van der Waals surface area contributed by atoms with Crippen molar-refractivity contribution in [2.24, 2.45) is 0 Å². The lowest BCUT2D eigenvalue weighted by Gasteiger charge is -2.11. The minimum Gasteiger partial charge on any atom is -0.376 e. The average molecular weight is 561 g/mol. The summed E-state index contributed by atoms with van der Waals surface area (Å²) in [6.45, 7) is 0. The van der Waals surface area contributed by atoms with Gasteiger partial charge in [-0.3, -0.25) is 20.2 Å². The number of non-ortho nitro benzene ring substituents is 1. The molecule has 0 aliphatic heterocycles. The van der Waals surface area contributed by atoms with Crippen LogP contribution in [0.2, 0.25) is 0 Å². The molecule has 2 aromatic rings. The summed E-state index contributed by atoms with van der Waals surface area (Å²) in [7, 11) is -4.63. The smallest absolute Gasteiger partial charge is 0.346 e. The summed E-state index contributed by atoms with van der Waals surface area (Å²) in [5, 5.41) is 21.8. The molecule has 9 nitrogen and oxygen atoms in total. The van der Waals surface area contributed by atoms with E-state index in [-0.39, 0.29) is 14.7 Å². The molecule has 0 bridgehead atoms. The molecule has 2 rings (SSSR count). The first-order chi connectivity index (χ1) is 11.5. The molecule has 2 aromatic carbocycles. The molecule has 0 aromatic heterocycles. The normalized spacial score (nSPS) is 11.2. The van der Waals surface area contributed by atoms with Gasteiger partial charge < -0.3 is 4.18 Å². The second-order valence-corrected chi connectivity index (χ2v) is 8.54. The fraction of sp³-hybridized carbons (Fsp3) is 0. The number of rotatable bonds is 5. The van der Waals surface area contributed by atoms with Crippen molar-refractivity contribution in [3.05, 3.63) is 64.0 Å². The largest absolute Gasteiger partial charge is 0.376 e. The summed E-state index contributed by atoms with van der Waals surface area (Å²) < 4.78 is 31.0. The average Bonchev–Trinajstić information content (AvgIpc) is 2.50. The van der Waals surface area contributed by atoms with Crippen LogP contribution >= 0.6 is 47.8 Å². The lowest BCUT2D eigenvalue weighted by atomic mass is 10.3. The van der Waals surface area contributed by atoms with Gasteiger partial charge in [0, 0.05) is 10.5 Å². The van der Waals surface area contributed by atoms with Crippen molar-refractivity contribution in [3.63, 3.8) is 0 Å². The van der Waals surface area contributed by atoms with E-state index in [0.717, 1.165) is 12.1 Å². The molecular weight excluding hydrogens is 556 g/mol. The van der Waals surface area contributed by atoms with E-state index < -0.39 is 36.2 Å². The van der Waals surface area contributed by atoms with Crippen LogP contribution in [0, 0.1) is 20.2 Å². The molecule has 25 heavy (non-hydrogen) atoms. The van der Waals surface area contributed by atoms with Crippen LogP contribution in [0.5, 0.6) is 5.75 Å². The van der Waals surface area contributed by atoms with Crippen molar-refractivity contribution < 1.29 is 22.4 Å². The lowest BCUT2D eigenvalue weighted by Crippen LogP contribution is -2.13. The van der Waals surface area contributed by atoms with Crippen LogP contribution in [-0.2, 0) is 10.1 Å². The highest BCUT2D eigenvalue weighted by Crippen LogP contribution is 2.39. The summed E-state index contributed by atoms with van der Waals surface area (Å²) in [5.41, 5.74) is -1.57. The van der Waals surface area contributed by atoms with Crippen LogP contribution < -0.4 is 4.18 Å². The number of nitrogens with zero attached hydrogens (tertiary/aromatic N) is 2. The van der Waals surface area contributed by atoms with Gasteiger partial charge in [-0.05, 0) is 50.1 Å². The summed E-state index contributed by atoms with van der Waals surface area (Å²) in [6, 6.07) is 5.18. The zero-order valence-corrected chi connectivity index (χ0v) is 17.3. The molecule has 0 N–H and O–H groups in total. The molecule has 0 aliphatic carbocycles. The number of benzene rings is 2. The van der Waals surface area contributed by atoms with E-state index in [2.05, 4.69) is 47.8 Å². The predicted molar refractivity (Wildman–Crippen MR) is 97.1 cm³/mol. The molecular formula is C12H5Br3N2O7S. The topological polar surface area (TPSA) is 130 Å². The van der Waals surface area contributed by atoms with Gasteiger partial charge in [-0.1, -0.05) is 15.9 Å². The Labute approximate surface area is 165 Å². The van der Waals surface area contributed by atoms with Crippen LogP contribution in [0.1, 0.15) is 0 Å². The Morgan fingerprint density at radius 1 is 0.920 bits per heavy atom. The number of halogens is 3. The van der Waals surface area contributed by atoms with Gasteiger partial charge in [0.15, 0.2) is 10.6 Å². The van der Waals surface area contributed by atoms with E-state index in [9.17, 15) is 28.6 Å². The second-order valence-electron chi connectivity index (χ2n) is 4.40. The molecule has 0 saturated heterocycles. The Bertz CT molecular complexity index is 971. The zero-order chi connectivity index (χ0) is 18.9. The van der Waals surface area contributed by atoms with Crippen molar-refractivity contribution in [3.8, 4) is 5.75 Å². The number of hydrogen-bond acceptors (Lipinski definition) is 7. The summed E-state index contributed by atoms with van der Waals surface area (Å²) >= 11 is 9.46. The minimum atomic E-state index is -4.63. The molecule has 0 saturated carbocycles. The highest BCUT2D eigenvalue weighted by Gasteiger charge is 2.31. The Balaban J connectivity index is 2.58. The van der Waals surface area contributed by atoms with E-state index in [4.69, 9.17) is 4.18 Å². The van der Waals surface area contributed by atoms with Gasteiger partial charge in [-0.2, -0.15) is 8.42 Å². The third kappa shape index (κ3) is 4.34. The van der Waals surface area contributed by atoms with E-state index >= 15 is 0 Å². The third-order valence-corrected chi connectivity index (χ3v) is 5.68. The standard InChI is InChI=1S/C12H5Br3N2O7S/c13-6-3-8(14)12(9(15)4-6)24-25(22,23)11-2-1-7(16(18)19)5-10(11)17(20)21/h1-5H. The quantitative estimate of drug-likeness (QED) is 0.298. The SMILES string of the molecule is O=[N+]([O-])c1ccc(S(=O)(=O)Oc2c(Br)cc(Br)cc2Br)c([N+](=O)[O-])c1. The van der Waals surface area contributed by atoms with Crippen molar-refractivity contribution in [1.29, 1.82) is 0 Å². The summed E-state index contributed by atoms with van der Waals surface area (Å²) in [6.07, 6.45) is 0. The maximum Gasteiger partial charge on any atom is 0.346 e. The fourth-order valence-electron chi connectivity index (χ4n) is 1.74. The van der Waals surface area contributed by atoms with Crippen LogP contribution in [0.15, 0.2) is 48.6 Å². The Morgan fingerprint density at radius 3 is 1.96 bits per heavy atom. The Kier molecular flexibility index (Phi) is 5.81. The zero-order valence-electron chi connectivity index (χ0n) is 11.7. The molecule has 0 heterocycles. The first kappa shape index (κ1) is 19.8. The third-order valence-electron chi connectivity index (χ3n) is 2.78. The predicted octanol–water partition coefficient (Wildman–Crippen LogP) is 4.56. The minimum absolute atomic E-state index is 0.129. The molecule has 0 fully saturated rings. The number of hydrogen-bond donors (Lipinski definition) is 0. The van der Waals surface area contributed by atoms with E-state index in [1.54, 1.807) is 0 Å². The van der Waals surface area contributed by atoms with E-state index in [1.165, 1.54) is 12.1 Å². The van der Waals surface area contributed by atoms with Gasteiger partial charge in [0.2, 0.25) is 0 Å². The van der Waals surface area contributed by atoms with E-state index in [0.29, 0.717) is 10.5 Å². The van der Waals surface area contributed by atoms with Crippen molar-refractivity contribution in [2.45, 2.75) is 4.90 Å². The Hall–Kier alpha value is -1.57. The molecule has 0 amide bonds. The van der Waals surface area contributed by atoms with Gasteiger partial charge in [-0.15, -0.1) is 0 Å². The maximum atomic E-state index is 12.4. The molecule has 0 unspecified atom stereocenters. The van der Waals surface area contributed by atoms with Gasteiger partial charge in [0.25, 0.3) is 11.4 Å². The highest BCUT2D eigenvalue weighted by atomic mass is 79.9. The first-order valence-corrected chi connectivity index (χ1v) is 9.83. The highest BCUT2D eigenvalue weighted by molar-refractivity contribution is 9.11. The summed E-state index contributed by atoms with van der Waals surface area (Å²) in [5.74, 6) is -0.129. The fourth-order valence-corrected chi connectivity index (χ4v) is 5.48. The number of nitro groups is 2. The van der Waals surface area contributed by atoms with E-state index in [1.807, 2.05) is 0 Å². The van der Waals surface area contributed by atoms with Crippen molar-refractivity contribution in [1.82, 2.24) is 0 Å². The first-order valence-electron chi connectivity index (χ1n) is 6.05. The Morgan fingerprint density at radius 2 is 1.48 bits per heavy atom. The van der Waals surface area contributed by atoms with Crippen molar-refractivity contribution >= 4 is 69.3 Å². The van der Waals surface area contributed by atoms with Gasteiger partial charge >= 0.3 is 10.1 Å². The molecule has 0 radical (unpaired) electrons. The van der Waals surface area contributed by atoms with Crippen LogP contribution in [0.25, 0.3) is 0 Å². The van der Waals surface area contributed by atoms with Crippen LogP contribution in [0.4, 0.5) is 11.4 Å². The summed E-state index contributed by atoms with van der Waals surface area (Å²) in [4.78, 5) is 19.1.